The van der Waals surface area contributed by atoms with Gasteiger partial charge in [0.15, 0.2) is 0 Å². The lowest BCUT2D eigenvalue weighted by atomic mass is 9.87. The molecule has 3 rings (SSSR count). The number of ether oxygens (including phenoxy) is 1. The second kappa shape index (κ2) is 9.39. The fourth-order valence-corrected chi connectivity index (χ4v) is 4.82. The van der Waals surface area contributed by atoms with Crippen LogP contribution in [0.15, 0.2) is 36.8 Å². The third kappa shape index (κ3) is 5.86. The Morgan fingerprint density at radius 1 is 1.14 bits per heavy atom. The molecular weight excluding hydrogens is 461 g/mol. The summed E-state index contributed by atoms with van der Waals surface area (Å²) >= 11 is 0. The van der Waals surface area contributed by atoms with Crippen LogP contribution in [0.3, 0.4) is 0 Å². The molecular formula is C25H31F3N4O3. The number of alkyl halides is 3. The number of fused-ring (bicyclic) bond motifs is 1. The van der Waals surface area contributed by atoms with Crippen LogP contribution in [-0.4, -0.2) is 48.7 Å². The molecule has 1 atom stereocenters. The van der Waals surface area contributed by atoms with Gasteiger partial charge in [0.25, 0.3) is 0 Å². The second-order valence-electron chi connectivity index (χ2n) is 10.4. The van der Waals surface area contributed by atoms with Crippen LogP contribution in [-0.2, 0) is 6.18 Å². The normalized spacial score (nSPS) is 13.6. The van der Waals surface area contributed by atoms with Gasteiger partial charge in [0, 0.05) is 28.2 Å². The number of nitrogens with one attached hydrogen (secondary N) is 1. The van der Waals surface area contributed by atoms with Crippen molar-refractivity contribution in [2.24, 2.45) is 5.92 Å². The van der Waals surface area contributed by atoms with E-state index in [4.69, 9.17) is 4.74 Å². The Morgan fingerprint density at radius 2 is 1.83 bits per heavy atom. The van der Waals surface area contributed by atoms with Crippen molar-refractivity contribution in [1.82, 2.24) is 19.9 Å². The van der Waals surface area contributed by atoms with Crippen molar-refractivity contribution in [3.63, 3.8) is 0 Å². The number of aromatic nitrogens is 3. The van der Waals surface area contributed by atoms with E-state index in [1.165, 1.54) is 17.3 Å². The van der Waals surface area contributed by atoms with Crippen molar-refractivity contribution in [3.05, 3.63) is 42.4 Å². The zero-order valence-corrected chi connectivity index (χ0v) is 20.7. The number of hydrogen-bond acceptors (Lipinski definition) is 4. The summed E-state index contributed by atoms with van der Waals surface area (Å²) in [7, 11) is 0. The van der Waals surface area contributed by atoms with Crippen molar-refractivity contribution in [1.29, 1.82) is 0 Å². The topological polar surface area (TPSA) is 91.3 Å². The number of benzene rings is 1. The Labute approximate surface area is 202 Å². The van der Waals surface area contributed by atoms with E-state index >= 15 is 0 Å². The van der Waals surface area contributed by atoms with Crippen molar-refractivity contribution >= 4 is 17.1 Å². The lowest BCUT2D eigenvalue weighted by Gasteiger charge is -2.46. The maximum atomic E-state index is 13.9. The number of hydrogen-bond donors (Lipinski definition) is 2. The van der Waals surface area contributed by atoms with Gasteiger partial charge in [0.05, 0.1) is 17.9 Å². The van der Waals surface area contributed by atoms with Crippen molar-refractivity contribution < 1.29 is 27.8 Å². The lowest BCUT2D eigenvalue weighted by molar-refractivity contribution is -0.139. The Hall–Kier alpha value is -3.30. The predicted octanol–water partition coefficient (Wildman–Crippen LogP) is 6.61. The van der Waals surface area contributed by atoms with Crippen LogP contribution in [0, 0.1) is 5.92 Å². The third-order valence-electron chi connectivity index (χ3n) is 5.75. The number of H-pyrrole nitrogens is 1. The largest absolute Gasteiger partial charge is 0.493 e. The molecule has 2 N–H and O–H groups in total. The standard InChI is InChI=1S/C25H31F3N4O3/c1-15(12-24(5,6)32(22(33)34)23(2,3)4)13-35-19-8-7-16(11-18(19)25(26,27)28)20-17-9-10-29-21(17)31-14-30-20/h7-11,14-15H,12-13H2,1-6H3,(H,33,34)(H,29,30,31)/t15-/m0/s1. The molecule has 3 aromatic rings. The van der Waals surface area contributed by atoms with Gasteiger partial charge in [0.2, 0.25) is 0 Å². The molecule has 7 nitrogen and oxygen atoms in total. The van der Waals surface area contributed by atoms with Crippen LogP contribution in [0.2, 0.25) is 0 Å². The minimum atomic E-state index is -4.63. The predicted molar refractivity (Wildman–Crippen MR) is 127 cm³/mol. The first kappa shape index (κ1) is 26.3. The molecule has 0 bridgehead atoms. The summed E-state index contributed by atoms with van der Waals surface area (Å²) in [5.41, 5.74) is -1.07. The Morgan fingerprint density at radius 3 is 2.43 bits per heavy atom. The van der Waals surface area contributed by atoms with Gasteiger partial charge < -0.3 is 14.8 Å². The number of aromatic amines is 1. The van der Waals surface area contributed by atoms with E-state index in [0.29, 0.717) is 28.7 Å². The summed E-state index contributed by atoms with van der Waals surface area (Å²) in [5, 5.41) is 10.3. The van der Waals surface area contributed by atoms with E-state index in [-0.39, 0.29) is 18.3 Å². The molecule has 0 aliphatic rings. The highest BCUT2D eigenvalue weighted by Gasteiger charge is 2.40. The minimum absolute atomic E-state index is 0.000971. The molecule has 190 valence electrons. The maximum absolute atomic E-state index is 13.9. The van der Waals surface area contributed by atoms with Gasteiger partial charge in [-0.3, -0.25) is 4.90 Å². The maximum Gasteiger partial charge on any atom is 0.419 e. The highest BCUT2D eigenvalue weighted by atomic mass is 19.4. The SMILES string of the molecule is C[C@H](COc1ccc(-c2ncnc3[nH]ccc23)cc1C(F)(F)F)CC(C)(C)N(C(=O)O)C(C)(C)C. The monoisotopic (exact) mass is 492 g/mol. The fraction of sp³-hybridized carbons (Fsp3) is 0.480. The second-order valence-corrected chi connectivity index (χ2v) is 10.4. The molecule has 1 amide bonds. The van der Waals surface area contributed by atoms with Gasteiger partial charge in [-0.1, -0.05) is 6.92 Å². The summed E-state index contributed by atoms with van der Waals surface area (Å²) in [4.78, 5) is 24.4. The van der Waals surface area contributed by atoms with E-state index in [9.17, 15) is 23.1 Å². The molecule has 0 spiro atoms. The van der Waals surface area contributed by atoms with Crippen LogP contribution in [0.5, 0.6) is 5.75 Å². The highest BCUT2D eigenvalue weighted by Crippen LogP contribution is 2.40. The first-order valence-corrected chi connectivity index (χ1v) is 11.3. The van der Waals surface area contributed by atoms with E-state index in [1.54, 1.807) is 39.1 Å². The zero-order valence-electron chi connectivity index (χ0n) is 20.7. The zero-order chi connectivity index (χ0) is 26.2. The first-order chi connectivity index (χ1) is 16.1. The summed E-state index contributed by atoms with van der Waals surface area (Å²) in [5.74, 6) is -0.493. The fourth-order valence-electron chi connectivity index (χ4n) is 4.82. The van der Waals surface area contributed by atoms with Gasteiger partial charge in [-0.2, -0.15) is 13.2 Å². The molecule has 0 radical (unpaired) electrons. The van der Waals surface area contributed by atoms with Crippen LogP contribution >= 0.6 is 0 Å². The van der Waals surface area contributed by atoms with Gasteiger partial charge >= 0.3 is 12.3 Å². The van der Waals surface area contributed by atoms with Crippen molar-refractivity contribution in [2.75, 3.05) is 6.61 Å². The van der Waals surface area contributed by atoms with Gasteiger partial charge in [-0.05, 0) is 71.2 Å². The van der Waals surface area contributed by atoms with Crippen LogP contribution < -0.4 is 4.74 Å². The lowest BCUT2D eigenvalue weighted by Crippen LogP contribution is -2.57. The summed E-state index contributed by atoms with van der Waals surface area (Å²) in [6, 6.07) is 5.59. The van der Waals surface area contributed by atoms with Crippen LogP contribution in [0.25, 0.3) is 22.3 Å². The van der Waals surface area contributed by atoms with Gasteiger partial charge in [-0.25, -0.2) is 14.8 Å². The molecule has 2 aromatic heterocycles. The molecule has 0 aliphatic heterocycles. The van der Waals surface area contributed by atoms with E-state index in [0.717, 1.165) is 6.07 Å². The Kier molecular flexibility index (Phi) is 7.06. The van der Waals surface area contributed by atoms with Gasteiger partial charge in [-0.15, -0.1) is 0 Å². The highest BCUT2D eigenvalue weighted by molar-refractivity contribution is 5.90. The smallest absolute Gasteiger partial charge is 0.419 e. The average molecular weight is 493 g/mol. The van der Waals surface area contributed by atoms with Crippen molar-refractivity contribution in [3.8, 4) is 17.0 Å². The molecule has 0 unspecified atom stereocenters. The number of carboxylic acid groups (broad SMARTS) is 1. The molecule has 1 aromatic carbocycles. The first-order valence-electron chi connectivity index (χ1n) is 11.3. The molecule has 2 heterocycles. The van der Waals surface area contributed by atoms with E-state index in [2.05, 4.69) is 15.0 Å². The van der Waals surface area contributed by atoms with E-state index in [1.807, 2.05) is 20.8 Å². The number of amides is 1. The molecule has 0 saturated carbocycles. The average Bonchev–Trinajstić information content (AvgIpc) is 3.18. The number of carbonyl (C=O) groups is 1. The molecule has 10 heteroatoms. The van der Waals surface area contributed by atoms with E-state index < -0.39 is 28.9 Å². The number of rotatable bonds is 7. The third-order valence-corrected chi connectivity index (χ3v) is 5.75. The van der Waals surface area contributed by atoms with Crippen LogP contribution in [0.1, 0.15) is 53.5 Å². The summed E-state index contributed by atoms with van der Waals surface area (Å²) < 4.78 is 47.4. The Bertz CT molecular complexity index is 1200. The van der Waals surface area contributed by atoms with Crippen LogP contribution in [0.4, 0.5) is 18.0 Å². The number of nitrogens with zero attached hydrogens (tertiary/aromatic N) is 3. The van der Waals surface area contributed by atoms with Gasteiger partial charge in [0.1, 0.15) is 17.7 Å². The quantitative estimate of drug-likeness (QED) is 0.387. The molecule has 0 saturated heterocycles. The van der Waals surface area contributed by atoms with Crippen molar-refractivity contribution in [2.45, 2.75) is 65.2 Å². The Balaban J connectivity index is 1.83. The summed E-state index contributed by atoms with van der Waals surface area (Å²) in [6.07, 6.45) is -2.33. The molecule has 0 aliphatic carbocycles. The minimum Gasteiger partial charge on any atom is -0.493 e. The summed E-state index contributed by atoms with van der Waals surface area (Å²) in [6.45, 7) is 10.9. The number of halogens is 3. The molecule has 0 fully saturated rings. The molecule has 35 heavy (non-hydrogen) atoms.